The van der Waals surface area contributed by atoms with Crippen molar-refractivity contribution in [3.8, 4) is 0 Å². The molecule has 0 aliphatic carbocycles. The van der Waals surface area contributed by atoms with E-state index < -0.39 is 0 Å². The van der Waals surface area contributed by atoms with Gasteiger partial charge in [0.1, 0.15) is 12.6 Å². The molecule has 0 saturated heterocycles. The molecule has 98 valence electrons. The Morgan fingerprint density at radius 2 is 2.18 bits per heavy atom. The number of aliphatic imine (C=N–C) groups is 1. The second kappa shape index (κ2) is 7.35. The number of hydrogen-bond acceptors (Lipinski definition) is 3. The van der Waals surface area contributed by atoms with Gasteiger partial charge < -0.3 is 9.84 Å². The molecule has 0 aromatic heterocycles. The summed E-state index contributed by atoms with van der Waals surface area (Å²) in [7, 11) is 3.34. The molecule has 0 aromatic rings. The molecule has 4 heteroatoms. The van der Waals surface area contributed by atoms with Gasteiger partial charge in [0.15, 0.2) is 0 Å². The molecule has 0 saturated carbocycles. The van der Waals surface area contributed by atoms with Gasteiger partial charge in [-0.3, -0.25) is 0 Å². The Hall–Kier alpha value is -1.00. The van der Waals surface area contributed by atoms with E-state index in [0.717, 1.165) is 5.57 Å². The van der Waals surface area contributed by atoms with Crippen molar-refractivity contribution in [2.45, 2.75) is 26.3 Å². The first-order valence-electron chi connectivity index (χ1n) is 5.76. The molecule has 0 fully saturated rings. The van der Waals surface area contributed by atoms with Gasteiger partial charge in [-0.15, -0.1) is 0 Å². The Kier molecular flexibility index (Phi) is 6.92. The Morgan fingerprint density at radius 3 is 2.53 bits per heavy atom. The first-order chi connectivity index (χ1) is 7.94. The molecule has 0 rings (SSSR count). The summed E-state index contributed by atoms with van der Waals surface area (Å²) in [6.07, 6.45) is 3.58. The SMILES string of the molecule is C=[N+](C=NC)C(C)(/C(=C/COC)CO)C(C)C. The second-order valence-corrected chi connectivity index (χ2v) is 4.49. The summed E-state index contributed by atoms with van der Waals surface area (Å²) < 4.78 is 6.82. The zero-order valence-corrected chi connectivity index (χ0v) is 11.6. The topological polar surface area (TPSA) is 44.8 Å². The van der Waals surface area contributed by atoms with Crippen molar-refractivity contribution >= 4 is 13.1 Å². The first-order valence-corrected chi connectivity index (χ1v) is 5.76. The van der Waals surface area contributed by atoms with Crippen molar-refractivity contribution in [1.82, 2.24) is 0 Å². The number of rotatable bonds is 7. The molecule has 0 amide bonds. The number of hydrogen-bond donors (Lipinski definition) is 1. The van der Waals surface area contributed by atoms with E-state index in [0.29, 0.717) is 6.61 Å². The van der Waals surface area contributed by atoms with Gasteiger partial charge in [0.05, 0.1) is 19.9 Å². The fourth-order valence-electron chi connectivity index (χ4n) is 1.76. The summed E-state index contributed by atoms with van der Waals surface area (Å²) in [6.45, 7) is 10.7. The quantitative estimate of drug-likeness (QED) is 0.316. The minimum absolute atomic E-state index is 0.0123. The molecule has 0 spiro atoms. The van der Waals surface area contributed by atoms with Gasteiger partial charge in [-0.25, -0.2) is 4.58 Å². The maximum absolute atomic E-state index is 9.53. The molecule has 0 heterocycles. The van der Waals surface area contributed by atoms with E-state index >= 15 is 0 Å². The zero-order chi connectivity index (χ0) is 13.5. The van der Waals surface area contributed by atoms with Gasteiger partial charge in [-0.2, -0.15) is 0 Å². The lowest BCUT2D eigenvalue weighted by atomic mass is 9.80. The highest BCUT2D eigenvalue weighted by Crippen LogP contribution is 2.28. The monoisotopic (exact) mass is 241 g/mol. The van der Waals surface area contributed by atoms with Crippen LogP contribution in [0.1, 0.15) is 20.8 Å². The molecule has 0 aliphatic rings. The highest BCUT2D eigenvalue weighted by molar-refractivity contribution is 5.49. The smallest absolute Gasteiger partial charge is 0.279 e. The third-order valence-electron chi connectivity index (χ3n) is 3.29. The molecular weight excluding hydrogens is 216 g/mol. The lowest BCUT2D eigenvalue weighted by Crippen LogP contribution is -2.46. The number of aliphatic hydroxyl groups is 1. The number of methoxy groups -OCH3 is 1. The van der Waals surface area contributed by atoms with Crippen molar-refractivity contribution in [1.29, 1.82) is 0 Å². The highest BCUT2D eigenvalue weighted by Gasteiger charge is 2.38. The van der Waals surface area contributed by atoms with Crippen molar-refractivity contribution in [2.75, 3.05) is 27.4 Å². The van der Waals surface area contributed by atoms with E-state index in [1.54, 1.807) is 25.1 Å². The zero-order valence-electron chi connectivity index (χ0n) is 11.6. The fraction of sp³-hybridized carbons (Fsp3) is 0.692. The van der Waals surface area contributed by atoms with E-state index in [1.165, 1.54) is 0 Å². The van der Waals surface area contributed by atoms with Crippen molar-refractivity contribution < 1.29 is 14.4 Å². The maximum Gasteiger partial charge on any atom is 0.279 e. The van der Waals surface area contributed by atoms with Gasteiger partial charge in [0.2, 0.25) is 0 Å². The van der Waals surface area contributed by atoms with E-state index in [2.05, 4.69) is 25.6 Å². The van der Waals surface area contributed by atoms with Crippen LogP contribution >= 0.6 is 0 Å². The van der Waals surface area contributed by atoms with Crippen LogP contribution in [0.25, 0.3) is 0 Å². The summed E-state index contributed by atoms with van der Waals surface area (Å²) in [5.74, 6) is 0.285. The third-order valence-corrected chi connectivity index (χ3v) is 3.29. The summed E-state index contributed by atoms with van der Waals surface area (Å²) >= 11 is 0. The van der Waals surface area contributed by atoms with Crippen LogP contribution in [0.15, 0.2) is 16.6 Å². The molecule has 0 aromatic carbocycles. The predicted octanol–water partition coefficient (Wildman–Crippen LogP) is 1.34. The molecule has 1 unspecified atom stereocenters. The molecule has 0 aliphatic heterocycles. The largest absolute Gasteiger partial charge is 0.392 e. The average Bonchev–Trinajstić information content (AvgIpc) is 2.29. The maximum atomic E-state index is 9.53. The lowest BCUT2D eigenvalue weighted by molar-refractivity contribution is -0.484. The van der Waals surface area contributed by atoms with Gasteiger partial charge in [0.25, 0.3) is 6.34 Å². The minimum Gasteiger partial charge on any atom is -0.392 e. The molecule has 1 N–H and O–H groups in total. The highest BCUT2D eigenvalue weighted by atomic mass is 16.5. The molecule has 0 radical (unpaired) electrons. The van der Waals surface area contributed by atoms with Crippen LogP contribution in [-0.2, 0) is 4.74 Å². The van der Waals surface area contributed by atoms with Gasteiger partial charge >= 0.3 is 0 Å². The van der Waals surface area contributed by atoms with Crippen LogP contribution in [-0.4, -0.2) is 55.6 Å². The van der Waals surface area contributed by atoms with E-state index in [9.17, 15) is 5.11 Å². The third kappa shape index (κ3) is 3.75. The predicted molar refractivity (Wildman–Crippen MR) is 72.1 cm³/mol. The molecule has 4 nitrogen and oxygen atoms in total. The van der Waals surface area contributed by atoms with Gasteiger partial charge in [-0.1, -0.05) is 24.9 Å². The second-order valence-electron chi connectivity index (χ2n) is 4.49. The lowest BCUT2D eigenvalue weighted by Gasteiger charge is -2.33. The van der Waals surface area contributed by atoms with Crippen molar-refractivity contribution in [3.63, 3.8) is 0 Å². The van der Waals surface area contributed by atoms with Crippen LogP contribution in [0.2, 0.25) is 0 Å². The Labute approximate surface area is 104 Å². The van der Waals surface area contributed by atoms with Crippen LogP contribution in [0.3, 0.4) is 0 Å². The van der Waals surface area contributed by atoms with Gasteiger partial charge in [-0.05, 0) is 6.92 Å². The standard InChI is InChI=1S/C13H25N2O2/c1-11(2)13(3,15(5)10-14-4)12(9-16)7-8-17-6/h7,10-11,16H,5,8-9H2,1-4,6H3/q+1/b12-7+,14-10?. The normalized spacial score (nSPS) is 16.5. The fourth-order valence-corrected chi connectivity index (χ4v) is 1.76. The van der Waals surface area contributed by atoms with Crippen molar-refractivity contribution in [2.24, 2.45) is 10.9 Å². The Morgan fingerprint density at radius 1 is 1.59 bits per heavy atom. The number of nitrogens with zero attached hydrogens (tertiary/aromatic N) is 2. The van der Waals surface area contributed by atoms with E-state index in [1.807, 2.05) is 13.0 Å². The van der Waals surface area contributed by atoms with Crippen LogP contribution in [0.4, 0.5) is 0 Å². The van der Waals surface area contributed by atoms with Crippen LogP contribution in [0, 0.1) is 5.92 Å². The molecular formula is C13H25N2O2+. The summed E-state index contributed by atoms with van der Waals surface area (Å²) in [5.41, 5.74) is 0.525. The van der Waals surface area contributed by atoms with Gasteiger partial charge in [0, 0.05) is 18.6 Å². The van der Waals surface area contributed by atoms with Crippen LogP contribution in [0.5, 0.6) is 0 Å². The Bertz CT molecular complexity index is 309. The summed E-state index contributed by atoms with van der Waals surface area (Å²) in [5, 5.41) is 9.53. The summed E-state index contributed by atoms with van der Waals surface area (Å²) in [6, 6.07) is 0. The van der Waals surface area contributed by atoms with E-state index in [-0.39, 0.29) is 18.1 Å². The summed E-state index contributed by atoms with van der Waals surface area (Å²) in [4.78, 5) is 3.98. The molecule has 17 heavy (non-hydrogen) atoms. The molecule has 1 atom stereocenters. The minimum atomic E-state index is -0.368. The van der Waals surface area contributed by atoms with Crippen LogP contribution < -0.4 is 0 Å². The number of ether oxygens (including phenoxy) is 1. The average molecular weight is 241 g/mol. The number of aliphatic hydroxyl groups excluding tert-OH is 1. The van der Waals surface area contributed by atoms with Crippen molar-refractivity contribution in [3.05, 3.63) is 11.6 Å². The molecule has 0 bridgehead atoms. The Balaban J connectivity index is 5.37. The first kappa shape index (κ1) is 16.0. The van der Waals surface area contributed by atoms with E-state index in [4.69, 9.17) is 4.74 Å².